The highest BCUT2D eigenvalue weighted by atomic mass is 32.1. The number of ether oxygens (including phenoxy) is 1. The predicted molar refractivity (Wildman–Crippen MR) is 128 cm³/mol. The van der Waals surface area contributed by atoms with Crippen LogP contribution in [0.4, 0.5) is 0 Å². The number of rotatable bonds is 7. The van der Waals surface area contributed by atoms with E-state index in [1.54, 1.807) is 29.6 Å². The molecule has 1 aliphatic rings. The molecule has 1 aromatic carbocycles. The van der Waals surface area contributed by atoms with Crippen LogP contribution in [0.3, 0.4) is 0 Å². The van der Waals surface area contributed by atoms with Crippen molar-refractivity contribution < 1.29 is 19.7 Å². The standard InChI is InChI=1S/C24H30N4O4S/c1-15(2)28(8-9-29)23(30)22-26-21-18-6-5-16(11-19(18)32-10-7-20(21)33-22)17-12-25-27(13-17)14-24(3,4)31/h5-6,11-13,15,29,31H,7-10,14H2,1-4H3. The molecular weight excluding hydrogens is 440 g/mol. The van der Waals surface area contributed by atoms with Gasteiger partial charge in [-0.05, 0) is 45.4 Å². The SMILES string of the molecule is CC(C)N(CCO)C(=O)c1nc2c(s1)CCOc1cc(-c3cnn(CC(C)(C)O)c3)ccc1-2. The lowest BCUT2D eigenvalue weighted by Crippen LogP contribution is -2.38. The fraction of sp³-hybridized carbons (Fsp3) is 0.458. The third-order valence-electron chi connectivity index (χ3n) is 5.44. The number of carbonyl (C=O) groups excluding carboxylic acids is 1. The van der Waals surface area contributed by atoms with Gasteiger partial charge in [-0.1, -0.05) is 6.07 Å². The van der Waals surface area contributed by atoms with E-state index in [1.807, 2.05) is 38.2 Å². The minimum atomic E-state index is -0.849. The van der Waals surface area contributed by atoms with Crippen LogP contribution in [-0.2, 0) is 13.0 Å². The van der Waals surface area contributed by atoms with E-state index in [0.29, 0.717) is 24.6 Å². The van der Waals surface area contributed by atoms with E-state index in [-0.39, 0.29) is 25.1 Å². The van der Waals surface area contributed by atoms with Crippen LogP contribution < -0.4 is 4.74 Å². The smallest absolute Gasteiger partial charge is 0.283 e. The van der Waals surface area contributed by atoms with E-state index >= 15 is 0 Å². The normalized spacial score (nSPS) is 13.3. The Morgan fingerprint density at radius 3 is 2.82 bits per heavy atom. The second kappa shape index (κ2) is 9.24. The number of carbonyl (C=O) groups is 1. The lowest BCUT2D eigenvalue weighted by atomic mass is 10.0. The van der Waals surface area contributed by atoms with Gasteiger partial charge in [0.15, 0.2) is 5.01 Å². The molecule has 0 fully saturated rings. The van der Waals surface area contributed by atoms with Crippen LogP contribution in [0.25, 0.3) is 22.4 Å². The van der Waals surface area contributed by atoms with Crippen LogP contribution in [0.5, 0.6) is 5.75 Å². The first-order chi connectivity index (χ1) is 15.7. The minimum Gasteiger partial charge on any atom is -0.492 e. The Balaban J connectivity index is 1.65. The number of aliphatic hydroxyl groups excluding tert-OH is 1. The van der Waals surface area contributed by atoms with Gasteiger partial charge in [0, 0.05) is 41.2 Å². The highest BCUT2D eigenvalue weighted by Gasteiger charge is 2.27. The lowest BCUT2D eigenvalue weighted by molar-refractivity contribution is 0.0577. The molecule has 3 heterocycles. The molecule has 0 radical (unpaired) electrons. The molecule has 0 atom stereocenters. The van der Waals surface area contributed by atoms with Gasteiger partial charge in [-0.15, -0.1) is 11.3 Å². The maximum absolute atomic E-state index is 13.0. The molecule has 2 aromatic heterocycles. The van der Waals surface area contributed by atoms with Crippen molar-refractivity contribution in [3.63, 3.8) is 0 Å². The van der Waals surface area contributed by atoms with Gasteiger partial charge in [0.2, 0.25) is 0 Å². The lowest BCUT2D eigenvalue weighted by Gasteiger charge is -2.24. The number of thiazole rings is 1. The first kappa shape index (κ1) is 23.4. The van der Waals surface area contributed by atoms with E-state index in [0.717, 1.165) is 33.0 Å². The zero-order valence-electron chi connectivity index (χ0n) is 19.4. The third-order valence-corrected chi connectivity index (χ3v) is 6.55. The Kier molecular flexibility index (Phi) is 6.56. The summed E-state index contributed by atoms with van der Waals surface area (Å²) < 4.78 is 7.76. The van der Waals surface area contributed by atoms with Crippen LogP contribution in [0.1, 0.15) is 42.4 Å². The summed E-state index contributed by atoms with van der Waals surface area (Å²) in [7, 11) is 0. The molecule has 3 aromatic rings. The summed E-state index contributed by atoms with van der Waals surface area (Å²) in [5, 5.41) is 24.2. The monoisotopic (exact) mass is 470 g/mol. The Hall–Kier alpha value is -2.75. The van der Waals surface area contributed by atoms with Crippen molar-refractivity contribution in [2.24, 2.45) is 0 Å². The van der Waals surface area contributed by atoms with Crippen LogP contribution in [0.15, 0.2) is 30.6 Å². The summed E-state index contributed by atoms with van der Waals surface area (Å²) >= 11 is 1.40. The van der Waals surface area contributed by atoms with Crippen molar-refractivity contribution in [2.45, 2.75) is 52.3 Å². The van der Waals surface area contributed by atoms with Gasteiger partial charge in [0.05, 0.1) is 37.3 Å². The van der Waals surface area contributed by atoms with E-state index < -0.39 is 5.60 Å². The molecule has 0 saturated carbocycles. The van der Waals surface area contributed by atoms with Gasteiger partial charge in [-0.2, -0.15) is 5.10 Å². The molecule has 8 nitrogen and oxygen atoms in total. The molecule has 2 N–H and O–H groups in total. The quantitative estimate of drug-likeness (QED) is 0.550. The Morgan fingerprint density at radius 1 is 1.33 bits per heavy atom. The average molecular weight is 471 g/mol. The Bertz CT molecular complexity index is 1150. The van der Waals surface area contributed by atoms with Gasteiger partial charge >= 0.3 is 0 Å². The topological polar surface area (TPSA) is 101 Å². The molecule has 0 aliphatic carbocycles. The predicted octanol–water partition coefficient (Wildman–Crippen LogP) is 3.22. The number of fused-ring (bicyclic) bond motifs is 3. The van der Waals surface area contributed by atoms with E-state index in [1.165, 1.54) is 11.3 Å². The summed E-state index contributed by atoms with van der Waals surface area (Å²) in [6, 6.07) is 5.92. The summed E-state index contributed by atoms with van der Waals surface area (Å²) in [6.45, 7) is 8.46. The van der Waals surface area contributed by atoms with Gasteiger partial charge in [-0.3, -0.25) is 9.48 Å². The number of amides is 1. The number of nitrogens with zero attached hydrogens (tertiary/aromatic N) is 4. The van der Waals surface area contributed by atoms with E-state index in [9.17, 15) is 15.0 Å². The summed E-state index contributed by atoms with van der Waals surface area (Å²) in [6.07, 6.45) is 4.36. The van der Waals surface area contributed by atoms with Crippen molar-refractivity contribution in [3.8, 4) is 28.1 Å². The van der Waals surface area contributed by atoms with Crippen LogP contribution in [0, 0.1) is 0 Å². The molecule has 176 valence electrons. The molecule has 9 heteroatoms. The highest BCUT2D eigenvalue weighted by molar-refractivity contribution is 7.14. The average Bonchev–Trinajstić information content (AvgIpc) is 3.34. The molecule has 0 unspecified atom stereocenters. The van der Waals surface area contributed by atoms with E-state index in [2.05, 4.69) is 5.10 Å². The zero-order valence-corrected chi connectivity index (χ0v) is 20.2. The largest absolute Gasteiger partial charge is 0.492 e. The maximum atomic E-state index is 13.0. The second-order valence-corrected chi connectivity index (χ2v) is 10.2. The molecule has 0 bridgehead atoms. The third kappa shape index (κ3) is 5.10. The molecule has 1 amide bonds. The van der Waals surface area contributed by atoms with Gasteiger partial charge < -0.3 is 19.8 Å². The fourth-order valence-corrected chi connectivity index (χ4v) is 4.93. The molecule has 4 rings (SSSR count). The van der Waals surface area contributed by atoms with Crippen molar-refractivity contribution in [3.05, 3.63) is 40.5 Å². The van der Waals surface area contributed by atoms with Gasteiger partial charge in [-0.25, -0.2) is 4.98 Å². The minimum absolute atomic E-state index is 0.0242. The number of aliphatic hydroxyl groups is 2. The molecular formula is C24H30N4O4S. The highest BCUT2D eigenvalue weighted by Crippen LogP contribution is 2.40. The molecule has 0 saturated heterocycles. The van der Waals surface area contributed by atoms with Crippen LogP contribution in [-0.4, -0.2) is 67.2 Å². The zero-order chi connectivity index (χ0) is 23.8. The number of hydrogen-bond acceptors (Lipinski definition) is 7. The van der Waals surface area contributed by atoms with Crippen molar-refractivity contribution >= 4 is 17.2 Å². The van der Waals surface area contributed by atoms with Crippen LogP contribution in [0.2, 0.25) is 0 Å². The van der Waals surface area contributed by atoms with Crippen molar-refractivity contribution in [2.75, 3.05) is 19.8 Å². The van der Waals surface area contributed by atoms with Crippen LogP contribution >= 0.6 is 11.3 Å². The Labute approximate surface area is 197 Å². The van der Waals surface area contributed by atoms with Gasteiger partial charge in [0.1, 0.15) is 5.75 Å². The van der Waals surface area contributed by atoms with E-state index in [4.69, 9.17) is 9.72 Å². The first-order valence-corrected chi connectivity index (χ1v) is 11.9. The van der Waals surface area contributed by atoms with Crippen molar-refractivity contribution in [1.29, 1.82) is 0 Å². The molecule has 33 heavy (non-hydrogen) atoms. The molecule has 1 aliphatic heterocycles. The first-order valence-electron chi connectivity index (χ1n) is 11.1. The van der Waals surface area contributed by atoms with Crippen molar-refractivity contribution in [1.82, 2.24) is 19.7 Å². The Morgan fingerprint density at radius 2 is 2.12 bits per heavy atom. The number of benzene rings is 1. The van der Waals surface area contributed by atoms with Gasteiger partial charge in [0.25, 0.3) is 5.91 Å². The summed E-state index contributed by atoms with van der Waals surface area (Å²) in [5.74, 6) is 0.567. The second-order valence-electron chi connectivity index (χ2n) is 9.16. The summed E-state index contributed by atoms with van der Waals surface area (Å²) in [4.78, 5) is 20.4. The molecule has 0 spiro atoms. The number of aromatic nitrogens is 3. The maximum Gasteiger partial charge on any atom is 0.283 e. The number of hydrogen-bond donors (Lipinski definition) is 2. The fourth-order valence-electron chi connectivity index (χ4n) is 3.91. The summed E-state index contributed by atoms with van der Waals surface area (Å²) in [5.41, 5.74) is 2.69.